The van der Waals surface area contributed by atoms with E-state index in [0.29, 0.717) is 29.4 Å². The average molecular weight is 438 g/mol. The molecule has 0 fully saturated rings. The first-order valence-corrected chi connectivity index (χ1v) is 9.49. The Labute approximate surface area is 182 Å². The van der Waals surface area contributed by atoms with Gasteiger partial charge in [0.15, 0.2) is 0 Å². The Morgan fingerprint density at radius 1 is 1.26 bits per heavy atom. The highest BCUT2D eigenvalue weighted by Crippen LogP contribution is 2.32. The number of amides is 1. The number of anilines is 1. The molecule has 0 bridgehead atoms. The summed E-state index contributed by atoms with van der Waals surface area (Å²) in [5.41, 5.74) is 0.652. The fourth-order valence-corrected chi connectivity index (χ4v) is 2.95. The SMILES string of the molecule is CCOc1ccc(NC(=O)/C(C#N)=C\c2ccc(-c3ccc([N+](=O)[O-])cc3Cl)o2)cc1. The molecule has 0 spiro atoms. The van der Waals surface area contributed by atoms with E-state index in [2.05, 4.69) is 5.32 Å². The lowest BCUT2D eigenvalue weighted by molar-refractivity contribution is -0.384. The lowest BCUT2D eigenvalue weighted by Gasteiger charge is -2.06. The number of furan rings is 1. The summed E-state index contributed by atoms with van der Waals surface area (Å²) in [7, 11) is 0. The number of carbonyl (C=O) groups excluding carboxylic acids is 1. The standard InChI is InChI=1S/C22H16ClN3O5/c1-2-30-17-6-3-15(4-7-17)25-22(27)14(13-24)11-18-8-10-21(31-18)19-9-5-16(26(28)29)12-20(19)23/h3-12H,2H2,1H3,(H,25,27)/b14-11-. The van der Waals surface area contributed by atoms with Gasteiger partial charge in [-0.2, -0.15) is 5.26 Å². The molecule has 0 radical (unpaired) electrons. The van der Waals surface area contributed by atoms with Crippen LogP contribution < -0.4 is 10.1 Å². The van der Waals surface area contributed by atoms with Crippen LogP contribution in [0.1, 0.15) is 12.7 Å². The zero-order chi connectivity index (χ0) is 22.4. The zero-order valence-electron chi connectivity index (χ0n) is 16.3. The molecular weight excluding hydrogens is 422 g/mol. The Hall–Kier alpha value is -4.09. The number of nitrogens with one attached hydrogen (secondary N) is 1. The molecule has 0 aliphatic heterocycles. The molecule has 0 saturated carbocycles. The Kier molecular flexibility index (Phi) is 6.70. The van der Waals surface area contributed by atoms with Crippen molar-refractivity contribution in [2.45, 2.75) is 6.92 Å². The Balaban J connectivity index is 1.77. The quantitative estimate of drug-likeness (QED) is 0.227. The van der Waals surface area contributed by atoms with Crippen LogP contribution in [0.15, 0.2) is 64.6 Å². The fraction of sp³-hybridized carbons (Fsp3) is 0.0909. The van der Waals surface area contributed by atoms with Gasteiger partial charge in [0.1, 0.15) is 28.9 Å². The number of rotatable bonds is 7. The van der Waals surface area contributed by atoms with Crippen molar-refractivity contribution < 1.29 is 18.9 Å². The van der Waals surface area contributed by atoms with Crippen molar-refractivity contribution in [3.05, 3.63) is 81.1 Å². The van der Waals surface area contributed by atoms with Crippen molar-refractivity contribution in [3.8, 4) is 23.1 Å². The van der Waals surface area contributed by atoms with E-state index in [-0.39, 0.29) is 22.0 Å². The van der Waals surface area contributed by atoms with Gasteiger partial charge < -0.3 is 14.5 Å². The number of nitro groups is 1. The molecule has 0 saturated heterocycles. The molecule has 31 heavy (non-hydrogen) atoms. The molecule has 1 N–H and O–H groups in total. The smallest absolute Gasteiger partial charge is 0.270 e. The number of hydrogen-bond donors (Lipinski definition) is 1. The first-order valence-electron chi connectivity index (χ1n) is 9.11. The third kappa shape index (κ3) is 5.29. The van der Waals surface area contributed by atoms with Crippen LogP contribution in [-0.4, -0.2) is 17.4 Å². The van der Waals surface area contributed by atoms with Crippen LogP contribution in [0.25, 0.3) is 17.4 Å². The topological polar surface area (TPSA) is 118 Å². The van der Waals surface area contributed by atoms with E-state index in [1.165, 1.54) is 24.3 Å². The lowest BCUT2D eigenvalue weighted by atomic mass is 10.1. The van der Waals surface area contributed by atoms with Gasteiger partial charge >= 0.3 is 0 Å². The maximum Gasteiger partial charge on any atom is 0.270 e. The molecule has 156 valence electrons. The highest BCUT2D eigenvalue weighted by molar-refractivity contribution is 6.33. The molecule has 8 nitrogen and oxygen atoms in total. The minimum atomic E-state index is -0.599. The van der Waals surface area contributed by atoms with Gasteiger partial charge in [0.25, 0.3) is 11.6 Å². The summed E-state index contributed by atoms with van der Waals surface area (Å²) in [5.74, 6) is 0.667. The van der Waals surface area contributed by atoms with Crippen LogP contribution in [0, 0.1) is 21.4 Å². The van der Waals surface area contributed by atoms with Crippen molar-refractivity contribution in [2.24, 2.45) is 0 Å². The molecule has 3 rings (SSSR count). The largest absolute Gasteiger partial charge is 0.494 e. The minimum absolute atomic E-state index is 0.141. The summed E-state index contributed by atoms with van der Waals surface area (Å²) in [4.78, 5) is 22.7. The van der Waals surface area contributed by atoms with Gasteiger partial charge in [-0.25, -0.2) is 0 Å². The van der Waals surface area contributed by atoms with E-state index in [4.69, 9.17) is 20.8 Å². The number of carbonyl (C=O) groups is 1. The third-order valence-corrected chi connectivity index (χ3v) is 4.44. The molecule has 3 aromatic rings. The normalized spacial score (nSPS) is 10.9. The average Bonchev–Trinajstić information content (AvgIpc) is 3.21. The number of non-ortho nitro benzene ring substituents is 1. The molecule has 0 aliphatic carbocycles. The molecule has 0 aliphatic rings. The van der Waals surface area contributed by atoms with E-state index >= 15 is 0 Å². The highest BCUT2D eigenvalue weighted by Gasteiger charge is 2.15. The van der Waals surface area contributed by atoms with Crippen LogP contribution in [0.5, 0.6) is 5.75 Å². The molecule has 9 heteroatoms. The number of nitrogens with zero attached hydrogens (tertiary/aromatic N) is 2. The lowest BCUT2D eigenvalue weighted by Crippen LogP contribution is -2.13. The van der Waals surface area contributed by atoms with Gasteiger partial charge in [-0.15, -0.1) is 0 Å². The van der Waals surface area contributed by atoms with Crippen LogP contribution in [-0.2, 0) is 4.79 Å². The van der Waals surface area contributed by atoms with Crippen molar-refractivity contribution in [1.29, 1.82) is 5.26 Å². The maximum absolute atomic E-state index is 12.4. The van der Waals surface area contributed by atoms with Gasteiger partial charge in [-0.3, -0.25) is 14.9 Å². The van der Waals surface area contributed by atoms with E-state index in [1.807, 2.05) is 13.0 Å². The van der Waals surface area contributed by atoms with Crippen LogP contribution in [0.2, 0.25) is 5.02 Å². The highest BCUT2D eigenvalue weighted by atomic mass is 35.5. The predicted octanol–water partition coefficient (Wildman–Crippen LogP) is 5.45. The number of benzene rings is 2. The van der Waals surface area contributed by atoms with Gasteiger partial charge in [-0.1, -0.05) is 11.6 Å². The maximum atomic E-state index is 12.4. The van der Waals surface area contributed by atoms with E-state index in [9.17, 15) is 20.2 Å². The number of nitriles is 1. The molecule has 0 unspecified atom stereocenters. The summed E-state index contributed by atoms with van der Waals surface area (Å²) >= 11 is 6.12. The van der Waals surface area contributed by atoms with Gasteiger partial charge in [0.05, 0.1) is 16.6 Å². The van der Waals surface area contributed by atoms with E-state index < -0.39 is 10.8 Å². The molecule has 1 amide bonds. The zero-order valence-corrected chi connectivity index (χ0v) is 17.1. The van der Waals surface area contributed by atoms with Gasteiger partial charge in [0, 0.05) is 29.5 Å². The monoisotopic (exact) mass is 437 g/mol. The van der Waals surface area contributed by atoms with Crippen molar-refractivity contribution in [2.75, 3.05) is 11.9 Å². The van der Waals surface area contributed by atoms with Crippen molar-refractivity contribution in [3.63, 3.8) is 0 Å². The minimum Gasteiger partial charge on any atom is -0.494 e. The van der Waals surface area contributed by atoms with Crippen molar-refractivity contribution in [1.82, 2.24) is 0 Å². The summed E-state index contributed by atoms with van der Waals surface area (Å²) in [5, 5.41) is 23.0. The summed E-state index contributed by atoms with van der Waals surface area (Å²) < 4.78 is 11.0. The first kappa shape index (κ1) is 21.6. The number of hydrogen-bond acceptors (Lipinski definition) is 6. The Morgan fingerprint density at radius 3 is 2.61 bits per heavy atom. The van der Waals surface area contributed by atoms with E-state index in [0.717, 1.165) is 0 Å². The van der Waals surface area contributed by atoms with Crippen LogP contribution in [0.3, 0.4) is 0 Å². The second-order valence-electron chi connectivity index (χ2n) is 6.20. The molecule has 2 aromatic carbocycles. The molecule has 1 heterocycles. The second kappa shape index (κ2) is 9.61. The van der Waals surface area contributed by atoms with Gasteiger partial charge in [0.2, 0.25) is 0 Å². The fourth-order valence-electron chi connectivity index (χ4n) is 2.68. The van der Waals surface area contributed by atoms with Gasteiger partial charge in [-0.05, 0) is 49.4 Å². The molecule has 0 atom stereocenters. The Bertz CT molecular complexity index is 1190. The predicted molar refractivity (Wildman–Crippen MR) is 116 cm³/mol. The molecule has 1 aromatic heterocycles. The number of halogens is 1. The second-order valence-corrected chi connectivity index (χ2v) is 6.61. The van der Waals surface area contributed by atoms with Crippen LogP contribution >= 0.6 is 11.6 Å². The third-order valence-electron chi connectivity index (χ3n) is 4.13. The van der Waals surface area contributed by atoms with Crippen molar-refractivity contribution >= 4 is 35.0 Å². The van der Waals surface area contributed by atoms with Crippen LogP contribution in [0.4, 0.5) is 11.4 Å². The van der Waals surface area contributed by atoms with E-state index in [1.54, 1.807) is 36.4 Å². The molecular formula is C22H16ClN3O5. The number of ether oxygens (including phenoxy) is 1. The number of nitro benzene ring substituents is 1. The summed E-state index contributed by atoms with van der Waals surface area (Å²) in [6.45, 7) is 2.40. The Morgan fingerprint density at radius 2 is 2.00 bits per heavy atom. The summed E-state index contributed by atoms with van der Waals surface area (Å²) in [6.07, 6.45) is 1.30. The summed E-state index contributed by atoms with van der Waals surface area (Å²) in [6, 6.07) is 15.8. The first-order chi connectivity index (χ1) is 14.9.